The van der Waals surface area contributed by atoms with Gasteiger partial charge in [0.1, 0.15) is 30.7 Å². The molecule has 5 N–H and O–H groups in total. The number of ketones is 1. The van der Waals surface area contributed by atoms with Crippen LogP contribution in [0.5, 0.6) is 0 Å². The molecule has 0 bridgehead atoms. The van der Waals surface area contributed by atoms with E-state index in [1.807, 2.05) is 67.6 Å². The molecular formula is C46H64N4O13S6Si. The van der Waals surface area contributed by atoms with Gasteiger partial charge in [-0.05, 0) is 69.8 Å². The first-order valence-corrected chi connectivity index (χ1v) is 32.6. The van der Waals surface area contributed by atoms with Crippen LogP contribution in [0, 0.1) is 0 Å². The maximum atomic E-state index is 14.2. The fraction of sp³-hybridized carbons (Fsp3) is 0.478. The minimum atomic E-state index is -4.07. The third-order valence-corrected chi connectivity index (χ3v) is 31.5. The molecule has 2 aromatic heterocycles. The molecule has 0 spiro atoms. The van der Waals surface area contributed by atoms with E-state index in [2.05, 4.69) is 31.4 Å². The lowest BCUT2D eigenvalue weighted by molar-refractivity contribution is -0.138. The Balaban J connectivity index is 0.000000274. The van der Waals surface area contributed by atoms with Crippen molar-refractivity contribution in [3.8, 4) is 0 Å². The molecule has 6 rings (SSSR count). The lowest BCUT2D eigenvalue weighted by atomic mass is 10.0. The quantitative estimate of drug-likeness (QED) is 0.117. The average Bonchev–Trinajstić information content (AvgIpc) is 3.95. The fourth-order valence-electron chi connectivity index (χ4n) is 8.57. The van der Waals surface area contributed by atoms with Gasteiger partial charge in [-0.3, -0.25) is 14.4 Å². The highest BCUT2D eigenvalue weighted by molar-refractivity contribution is 7.97. The van der Waals surface area contributed by atoms with Crippen LogP contribution in [0.3, 0.4) is 0 Å². The standard InChI is InChI=1S/C27H35NO4S3Si.C14H21N3O6S3.C5H8O3/c1-6-28-24-17-20(2)35(31,32)26-23(24)18-25(33-26)34(29,30)19-36(27(3,4)5,21-13-9-7-10-14-21)22-15-11-8-12-16-22;1-4-17(12(19)7-16-9(3)18)11-5-8(2)25(20,21)14-10(11)6-13(24-14)26(15,22)23;1-4(6)2-3-5(7)8/h7-16,18,20,24,28H,6,17,19H2,1-5H3;6,8,11H,4-5,7H2,1-3H3,(H,16,18)(H2,15,22,23);2-3H2,1H3,(H,7,8)/t20-,24-;8-,11-;/m00./s1. The first-order valence-electron chi connectivity index (χ1n) is 22.5. The number of fused-ring (bicyclic) bond motifs is 2. The molecule has 0 saturated heterocycles. The molecule has 70 heavy (non-hydrogen) atoms. The van der Waals surface area contributed by atoms with Gasteiger partial charge in [0.15, 0.2) is 29.5 Å². The highest BCUT2D eigenvalue weighted by Gasteiger charge is 2.52. The van der Waals surface area contributed by atoms with E-state index < -0.39 is 70.1 Å². The van der Waals surface area contributed by atoms with Gasteiger partial charge in [-0.1, -0.05) is 98.7 Å². The van der Waals surface area contributed by atoms with Crippen molar-refractivity contribution in [1.29, 1.82) is 0 Å². The number of nitrogens with two attached hydrogens (primary N) is 1. The Labute approximate surface area is 421 Å². The number of carbonyl (C=O) groups is 4. The summed E-state index contributed by atoms with van der Waals surface area (Å²) in [5, 5.41) is 19.3. The summed E-state index contributed by atoms with van der Waals surface area (Å²) >= 11 is 1.54. The van der Waals surface area contributed by atoms with E-state index >= 15 is 0 Å². The van der Waals surface area contributed by atoms with Gasteiger partial charge in [0, 0.05) is 31.5 Å². The minimum absolute atomic E-state index is 0.0294. The van der Waals surface area contributed by atoms with Crippen LogP contribution < -0.4 is 26.1 Å². The third kappa shape index (κ3) is 13.3. The van der Waals surface area contributed by atoms with E-state index in [9.17, 15) is 52.8 Å². The molecule has 4 heterocycles. The summed E-state index contributed by atoms with van der Waals surface area (Å²) in [5.74, 6) is -1.73. The summed E-state index contributed by atoms with van der Waals surface area (Å²) in [6.07, 6.45) is 0.675. The van der Waals surface area contributed by atoms with Crippen LogP contribution in [0.25, 0.3) is 0 Å². The molecule has 24 heteroatoms. The molecule has 386 valence electrons. The zero-order chi connectivity index (χ0) is 52.8. The number of Topliss-reactive ketones (excluding diaryl/α,β-unsaturated/α-hetero) is 1. The van der Waals surface area contributed by atoms with Crippen molar-refractivity contribution in [1.82, 2.24) is 15.5 Å². The van der Waals surface area contributed by atoms with Gasteiger partial charge in [-0.15, -0.1) is 22.7 Å². The number of carboxylic acids is 1. The van der Waals surface area contributed by atoms with Crippen LogP contribution in [-0.2, 0) is 58.7 Å². The summed E-state index contributed by atoms with van der Waals surface area (Å²) in [7, 11) is -18.0. The molecule has 4 atom stereocenters. The average molecular weight is 1100 g/mol. The summed E-state index contributed by atoms with van der Waals surface area (Å²) in [4.78, 5) is 44.8. The Morgan fingerprint density at radius 3 is 1.70 bits per heavy atom. The van der Waals surface area contributed by atoms with Gasteiger partial charge in [-0.2, -0.15) is 0 Å². The molecule has 0 radical (unpaired) electrons. The number of carbonyl (C=O) groups excluding carboxylic acids is 3. The normalized spacial score (nSPS) is 19.4. The molecule has 0 fully saturated rings. The van der Waals surface area contributed by atoms with Crippen molar-refractivity contribution in [3.05, 3.63) is 83.9 Å². The molecule has 2 amide bonds. The number of rotatable bonds is 15. The molecule has 2 aliphatic heterocycles. The minimum Gasteiger partial charge on any atom is -0.481 e. The van der Waals surface area contributed by atoms with Crippen molar-refractivity contribution in [2.75, 3.05) is 25.0 Å². The molecule has 0 saturated carbocycles. The number of benzene rings is 2. The first kappa shape index (κ1) is 58.4. The molecular weight excluding hydrogens is 1040 g/mol. The van der Waals surface area contributed by atoms with E-state index in [-0.39, 0.29) is 88.8 Å². The number of sulfone groups is 3. The molecule has 2 aromatic carbocycles. The smallest absolute Gasteiger partial charge is 0.303 e. The van der Waals surface area contributed by atoms with Gasteiger partial charge in [0.05, 0.1) is 34.9 Å². The Kier molecular flexibility index (Phi) is 19.3. The molecule has 0 unspecified atom stereocenters. The number of likely N-dealkylation sites (N-methyl/N-ethyl adjacent to an activating group) is 1. The predicted molar refractivity (Wildman–Crippen MR) is 275 cm³/mol. The zero-order valence-corrected chi connectivity index (χ0v) is 46.6. The van der Waals surface area contributed by atoms with Gasteiger partial charge < -0.3 is 25.4 Å². The van der Waals surface area contributed by atoms with E-state index in [0.717, 1.165) is 21.7 Å². The third-order valence-electron chi connectivity index (χ3n) is 12.3. The fourth-order valence-corrected chi connectivity index (χ4v) is 27.5. The number of carboxylic acid groups (broad SMARTS) is 1. The van der Waals surface area contributed by atoms with Crippen LogP contribution in [0.1, 0.15) is 111 Å². The second-order valence-electron chi connectivity index (χ2n) is 18.3. The second-order valence-corrected chi connectivity index (χ2v) is 34.9. The summed E-state index contributed by atoms with van der Waals surface area (Å²) < 4.78 is 103. The van der Waals surface area contributed by atoms with Crippen LogP contribution in [0.2, 0.25) is 5.04 Å². The highest BCUT2D eigenvalue weighted by atomic mass is 32.3. The monoisotopic (exact) mass is 1100 g/mol. The van der Waals surface area contributed by atoms with Crippen LogP contribution in [-0.4, -0.2) is 111 Å². The molecule has 2 aliphatic rings. The number of sulfonamides is 1. The maximum absolute atomic E-state index is 14.2. The number of nitrogens with zero attached hydrogens (tertiary/aromatic N) is 1. The number of hydrogen-bond donors (Lipinski definition) is 4. The number of amides is 2. The predicted octanol–water partition coefficient (Wildman–Crippen LogP) is 4.77. The summed E-state index contributed by atoms with van der Waals surface area (Å²) in [6, 6.07) is 22.1. The number of nitrogens with one attached hydrogen (secondary N) is 2. The van der Waals surface area contributed by atoms with E-state index in [4.69, 9.17) is 10.2 Å². The number of aliphatic carboxylic acids is 1. The van der Waals surface area contributed by atoms with Crippen molar-refractivity contribution < 1.29 is 58.0 Å². The van der Waals surface area contributed by atoms with Crippen LogP contribution in [0.15, 0.2) is 89.6 Å². The molecule has 4 aromatic rings. The Morgan fingerprint density at radius 2 is 1.27 bits per heavy atom. The SMILES string of the molecule is CC(=O)CCC(=O)O.CCN(C(=O)CNC(C)=O)[C@H]1C[C@H](C)S(=O)(=O)c2sc(S(N)(=O)=O)cc21.CCN[C@H]1C[C@H](C)S(=O)(=O)c2sc(S(=O)(=O)C[Si](c3ccccc3)(c3ccccc3)C(C)(C)C)cc21. The van der Waals surface area contributed by atoms with Crippen molar-refractivity contribution in [2.24, 2.45) is 5.14 Å². The topological polar surface area (TPSA) is 278 Å². The Morgan fingerprint density at radius 1 is 0.786 bits per heavy atom. The van der Waals surface area contributed by atoms with Crippen LogP contribution >= 0.6 is 22.7 Å². The van der Waals surface area contributed by atoms with Gasteiger partial charge in [0.25, 0.3) is 0 Å². The van der Waals surface area contributed by atoms with Crippen molar-refractivity contribution in [3.63, 3.8) is 0 Å². The largest absolute Gasteiger partial charge is 0.481 e. The van der Waals surface area contributed by atoms with Gasteiger partial charge in [0.2, 0.25) is 21.8 Å². The summed E-state index contributed by atoms with van der Waals surface area (Å²) in [6.45, 7) is 16.7. The first-order chi connectivity index (χ1) is 32.4. The highest BCUT2D eigenvalue weighted by Crippen LogP contribution is 2.46. The van der Waals surface area contributed by atoms with Gasteiger partial charge >= 0.3 is 5.97 Å². The lowest BCUT2D eigenvalue weighted by Gasteiger charge is -2.43. The van der Waals surface area contributed by atoms with Crippen LogP contribution in [0.4, 0.5) is 0 Å². The zero-order valence-electron chi connectivity index (χ0n) is 40.7. The maximum Gasteiger partial charge on any atom is 0.303 e. The molecule has 0 aliphatic carbocycles. The Bertz CT molecular complexity index is 2940. The van der Waals surface area contributed by atoms with E-state index in [1.165, 1.54) is 31.7 Å². The second kappa shape index (κ2) is 23.2. The summed E-state index contributed by atoms with van der Waals surface area (Å²) in [5.41, 5.74) is 0.858. The van der Waals surface area contributed by atoms with E-state index in [1.54, 1.807) is 19.9 Å². The number of primary sulfonamides is 1. The van der Waals surface area contributed by atoms with Crippen molar-refractivity contribution >= 4 is 104 Å². The van der Waals surface area contributed by atoms with E-state index in [0.29, 0.717) is 29.9 Å². The number of hydrogen-bond acceptors (Lipinski definition) is 15. The lowest BCUT2D eigenvalue weighted by Crippen LogP contribution is -2.68. The Hall–Kier alpha value is -4.14. The number of thiophene rings is 2. The molecule has 17 nitrogen and oxygen atoms in total. The van der Waals surface area contributed by atoms with Gasteiger partial charge in [-0.25, -0.2) is 38.8 Å². The van der Waals surface area contributed by atoms with Crippen molar-refractivity contribution in [2.45, 2.75) is 132 Å².